The van der Waals surface area contributed by atoms with Crippen LogP contribution in [0.1, 0.15) is 50.7 Å². The maximum atomic E-state index is 12.0. The number of piperidine rings is 1. The molecule has 2 heterocycles. The second kappa shape index (κ2) is 6.68. The van der Waals surface area contributed by atoms with Crippen LogP contribution in [0.5, 0.6) is 0 Å². The number of amides is 1. The maximum Gasteiger partial charge on any atom is 0.236 e. The molecule has 112 valence electrons. The lowest BCUT2D eigenvalue weighted by Gasteiger charge is -2.26. The molecule has 0 radical (unpaired) electrons. The van der Waals surface area contributed by atoms with E-state index in [1.54, 1.807) is 11.3 Å². The molecular formula is C15H25N3OS. The van der Waals surface area contributed by atoms with Crippen molar-refractivity contribution in [3.05, 3.63) is 16.1 Å². The van der Waals surface area contributed by atoms with Gasteiger partial charge in [0.2, 0.25) is 5.91 Å². The van der Waals surface area contributed by atoms with E-state index in [1.807, 2.05) is 4.90 Å². The molecule has 1 N–H and O–H groups in total. The van der Waals surface area contributed by atoms with Gasteiger partial charge in [-0.3, -0.25) is 4.79 Å². The Morgan fingerprint density at radius 2 is 2.05 bits per heavy atom. The standard InChI is InChI=1S/C15H25N3OS/c1-15(2,3)14-17-12(11-20-14)9-16-10-13(19)18-7-5-4-6-8-18/h11,16H,4-10H2,1-3H3. The van der Waals surface area contributed by atoms with Gasteiger partial charge in [-0.05, 0) is 19.3 Å². The first-order chi connectivity index (χ1) is 9.47. The fraction of sp³-hybridized carbons (Fsp3) is 0.733. The van der Waals surface area contributed by atoms with Gasteiger partial charge in [-0.1, -0.05) is 20.8 Å². The highest BCUT2D eigenvalue weighted by Gasteiger charge is 2.18. The van der Waals surface area contributed by atoms with E-state index >= 15 is 0 Å². The van der Waals surface area contributed by atoms with Gasteiger partial charge >= 0.3 is 0 Å². The SMILES string of the molecule is CC(C)(C)c1nc(CNCC(=O)N2CCCCC2)cs1. The zero-order chi connectivity index (χ0) is 14.6. The molecule has 1 aromatic heterocycles. The van der Waals surface area contributed by atoms with E-state index in [0.29, 0.717) is 13.1 Å². The Bertz CT molecular complexity index is 444. The number of aromatic nitrogens is 1. The Hall–Kier alpha value is -0.940. The van der Waals surface area contributed by atoms with Gasteiger partial charge in [0, 0.05) is 30.4 Å². The number of rotatable bonds is 4. The molecule has 1 fully saturated rings. The number of nitrogens with zero attached hydrogens (tertiary/aromatic N) is 2. The van der Waals surface area contributed by atoms with Gasteiger partial charge in [0.05, 0.1) is 17.2 Å². The van der Waals surface area contributed by atoms with Crippen molar-refractivity contribution < 1.29 is 4.79 Å². The number of likely N-dealkylation sites (tertiary alicyclic amines) is 1. The summed E-state index contributed by atoms with van der Waals surface area (Å²) < 4.78 is 0. The minimum atomic E-state index is 0.104. The third-order valence-corrected chi connectivity index (χ3v) is 4.80. The predicted molar refractivity (Wildman–Crippen MR) is 83.0 cm³/mol. The molecule has 0 spiro atoms. The zero-order valence-electron chi connectivity index (χ0n) is 12.7. The lowest BCUT2D eigenvalue weighted by atomic mass is 9.98. The molecule has 0 aliphatic carbocycles. The van der Waals surface area contributed by atoms with E-state index in [-0.39, 0.29) is 11.3 Å². The van der Waals surface area contributed by atoms with Crippen molar-refractivity contribution in [2.24, 2.45) is 0 Å². The molecule has 1 aliphatic heterocycles. The largest absolute Gasteiger partial charge is 0.342 e. The van der Waals surface area contributed by atoms with E-state index in [1.165, 1.54) is 6.42 Å². The Balaban J connectivity index is 1.75. The van der Waals surface area contributed by atoms with Crippen LogP contribution in [0.4, 0.5) is 0 Å². The van der Waals surface area contributed by atoms with Gasteiger partial charge < -0.3 is 10.2 Å². The molecule has 1 aromatic rings. The summed E-state index contributed by atoms with van der Waals surface area (Å²) >= 11 is 1.70. The third-order valence-electron chi connectivity index (χ3n) is 3.48. The lowest BCUT2D eigenvalue weighted by molar-refractivity contribution is -0.131. The Labute approximate surface area is 125 Å². The number of thiazole rings is 1. The number of hydrogen-bond donors (Lipinski definition) is 1. The summed E-state index contributed by atoms with van der Waals surface area (Å²) in [4.78, 5) is 18.6. The van der Waals surface area contributed by atoms with Crippen LogP contribution in [0.25, 0.3) is 0 Å². The molecule has 20 heavy (non-hydrogen) atoms. The fourth-order valence-electron chi connectivity index (χ4n) is 2.29. The van der Waals surface area contributed by atoms with Gasteiger partial charge in [-0.15, -0.1) is 11.3 Å². The second-order valence-corrected chi connectivity index (χ2v) is 7.30. The Morgan fingerprint density at radius 3 is 2.65 bits per heavy atom. The van der Waals surface area contributed by atoms with Crippen molar-refractivity contribution in [1.82, 2.24) is 15.2 Å². The van der Waals surface area contributed by atoms with Gasteiger partial charge in [-0.25, -0.2) is 4.98 Å². The van der Waals surface area contributed by atoms with Gasteiger partial charge in [0.15, 0.2) is 0 Å². The average Bonchev–Trinajstić information content (AvgIpc) is 2.88. The van der Waals surface area contributed by atoms with E-state index in [2.05, 4.69) is 36.5 Å². The molecular weight excluding hydrogens is 270 g/mol. The van der Waals surface area contributed by atoms with Crippen molar-refractivity contribution in [2.75, 3.05) is 19.6 Å². The lowest BCUT2D eigenvalue weighted by Crippen LogP contribution is -2.41. The zero-order valence-corrected chi connectivity index (χ0v) is 13.6. The molecule has 1 amide bonds. The van der Waals surface area contributed by atoms with Crippen LogP contribution in [0.2, 0.25) is 0 Å². The first-order valence-corrected chi connectivity index (χ1v) is 8.28. The summed E-state index contributed by atoms with van der Waals surface area (Å²) in [5.74, 6) is 0.218. The summed E-state index contributed by atoms with van der Waals surface area (Å²) in [6.07, 6.45) is 3.55. The fourth-order valence-corrected chi connectivity index (χ4v) is 3.19. The second-order valence-electron chi connectivity index (χ2n) is 6.44. The number of nitrogens with one attached hydrogen (secondary N) is 1. The van der Waals surface area contributed by atoms with Crippen molar-refractivity contribution in [2.45, 2.75) is 52.0 Å². The summed E-state index contributed by atoms with van der Waals surface area (Å²) in [7, 11) is 0. The summed E-state index contributed by atoms with van der Waals surface area (Å²) in [6.45, 7) is 9.44. The van der Waals surface area contributed by atoms with Crippen molar-refractivity contribution >= 4 is 17.2 Å². The normalized spacial score (nSPS) is 16.4. The average molecular weight is 295 g/mol. The first-order valence-electron chi connectivity index (χ1n) is 7.40. The van der Waals surface area contributed by atoms with Crippen LogP contribution < -0.4 is 5.32 Å². The summed E-state index contributed by atoms with van der Waals surface area (Å²) in [5.41, 5.74) is 1.14. The van der Waals surface area contributed by atoms with Gasteiger partial charge in [0.25, 0.3) is 0 Å². The smallest absolute Gasteiger partial charge is 0.236 e. The molecule has 1 aliphatic rings. The monoisotopic (exact) mass is 295 g/mol. The quantitative estimate of drug-likeness (QED) is 0.928. The van der Waals surface area contributed by atoms with Crippen LogP contribution in [-0.2, 0) is 16.8 Å². The highest BCUT2D eigenvalue weighted by Crippen LogP contribution is 2.25. The van der Waals surface area contributed by atoms with Crippen molar-refractivity contribution in [1.29, 1.82) is 0 Å². The molecule has 1 saturated heterocycles. The number of carbonyl (C=O) groups is 1. The summed E-state index contributed by atoms with van der Waals surface area (Å²) in [5, 5.41) is 6.45. The minimum Gasteiger partial charge on any atom is -0.342 e. The third kappa shape index (κ3) is 4.28. The molecule has 0 unspecified atom stereocenters. The molecule has 0 saturated carbocycles. The number of hydrogen-bond acceptors (Lipinski definition) is 4. The van der Waals surface area contributed by atoms with Crippen LogP contribution in [-0.4, -0.2) is 35.4 Å². The molecule has 0 atom stereocenters. The predicted octanol–water partition coefficient (Wildman–Crippen LogP) is 2.54. The van der Waals surface area contributed by atoms with Crippen molar-refractivity contribution in [3.63, 3.8) is 0 Å². The number of carbonyl (C=O) groups excluding carboxylic acids is 1. The minimum absolute atomic E-state index is 0.104. The van der Waals surface area contributed by atoms with Crippen LogP contribution >= 0.6 is 11.3 Å². The first kappa shape index (κ1) is 15.4. The van der Waals surface area contributed by atoms with Gasteiger partial charge in [0.1, 0.15) is 0 Å². The van der Waals surface area contributed by atoms with E-state index in [0.717, 1.165) is 36.6 Å². The molecule has 2 rings (SSSR count). The Kier molecular flexibility index (Phi) is 5.16. The van der Waals surface area contributed by atoms with Crippen LogP contribution in [0.3, 0.4) is 0 Å². The van der Waals surface area contributed by atoms with Crippen LogP contribution in [0, 0.1) is 0 Å². The van der Waals surface area contributed by atoms with E-state index in [9.17, 15) is 4.79 Å². The molecule has 5 heteroatoms. The van der Waals surface area contributed by atoms with Crippen LogP contribution in [0.15, 0.2) is 5.38 Å². The molecule has 0 bridgehead atoms. The maximum absolute atomic E-state index is 12.0. The Morgan fingerprint density at radius 1 is 1.35 bits per heavy atom. The van der Waals surface area contributed by atoms with Crippen molar-refractivity contribution in [3.8, 4) is 0 Å². The topological polar surface area (TPSA) is 45.2 Å². The van der Waals surface area contributed by atoms with E-state index < -0.39 is 0 Å². The highest BCUT2D eigenvalue weighted by atomic mass is 32.1. The van der Waals surface area contributed by atoms with E-state index in [4.69, 9.17) is 0 Å². The molecule has 0 aromatic carbocycles. The van der Waals surface area contributed by atoms with Gasteiger partial charge in [-0.2, -0.15) is 0 Å². The summed E-state index contributed by atoms with van der Waals surface area (Å²) in [6, 6.07) is 0. The highest BCUT2D eigenvalue weighted by molar-refractivity contribution is 7.09. The molecule has 4 nitrogen and oxygen atoms in total.